The van der Waals surface area contributed by atoms with E-state index in [4.69, 9.17) is 0 Å². The number of rotatable bonds is 4. The van der Waals surface area contributed by atoms with Gasteiger partial charge < -0.3 is 10.6 Å². The van der Waals surface area contributed by atoms with Gasteiger partial charge in [0.15, 0.2) is 5.96 Å². The van der Waals surface area contributed by atoms with Crippen molar-refractivity contribution in [3.05, 3.63) is 48.0 Å². The second-order valence-electron chi connectivity index (χ2n) is 5.19. The van der Waals surface area contributed by atoms with Crippen molar-refractivity contribution in [1.82, 2.24) is 10.6 Å². The van der Waals surface area contributed by atoms with Gasteiger partial charge in [-0.3, -0.25) is 4.99 Å². The summed E-state index contributed by atoms with van der Waals surface area (Å²) in [7, 11) is 1.80. The van der Waals surface area contributed by atoms with E-state index in [9.17, 15) is 0 Å². The summed E-state index contributed by atoms with van der Waals surface area (Å²) in [5.74, 6) is 0.861. The van der Waals surface area contributed by atoms with Crippen molar-refractivity contribution in [2.75, 3.05) is 13.6 Å². The van der Waals surface area contributed by atoms with E-state index in [0.717, 1.165) is 18.9 Å². The first-order valence-electron chi connectivity index (χ1n) is 7.14. The molecule has 106 valence electrons. The molecule has 2 rings (SSSR count). The van der Waals surface area contributed by atoms with Crippen LogP contribution in [0.4, 0.5) is 0 Å². The van der Waals surface area contributed by atoms with Gasteiger partial charge in [0.25, 0.3) is 0 Å². The molecule has 0 spiro atoms. The summed E-state index contributed by atoms with van der Waals surface area (Å²) in [5.41, 5.74) is 1.37. The molecule has 3 heteroatoms. The Hall–Kier alpha value is -2.03. The summed E-state index contributed by atoms with van der Waals surface area (Å²) in [6, 6.07) is 15.4. The Balaban J connectivity index is 1.99. The molecule has 0 fully saturated rings. The van der Waals surface area contributed by atoms with Crippen molar-refractivity contribution in [2.24, 2.45) is 4.99 Å². The fourth-order valence-corrected chi connectivity index (χ4v) is 2.29. The first kappa shape index (κ1) is 14.4. The van der Waals surface area contributed by atoms with Crippen molar-refractivity contribution < 1.29 is 0 Å². The average Bonchev–Trinajstić information content (AvgIpc) is 2.46. The van der Waals surface area contributed by atoms with Crippen LogP contribution in [-0.2, 0) is 6.42 Å². The van der Waals surface area contributed by atoms with E-state index in [-0.39, 0.29) is 0 Å². The van der Waals surface area contributed by atoms with E-state index in [1.54, 1.807) is 7.05 Å². The summed E-state index contributed by atoms with van der Waals surface area (Å²) in [5, 5.41) is 9.28. The molecule has 0 radical (unpaired) electrons. The SMILES string of the molecule is CN=C(NCCc1cccc2ccccc12)NC(C)C. The van der Waals surface area contributed by atoms with Gasteiger partial charge in [-0.05, 0) is 36.6 Å². The molecule has 0 aliphatic carbocycles. The standard InChI is InChI=1S/C17H23N3/c1-13(2)20-17(18-3)19-12-11-15-9-6-8-14-7-4-5-10-16(14)15/h4-10,13H,11-12H2,1-3H3,(H2,18,19,20). The highest BCUT2D eigenvalue weighted by Crippen LogP contribution is 2.18. The Bertz CT molecular complexity index is 582. The molecular weight excluding hydrogens is 246 g/mol. The van der Waals surface area contributed by atoms with E-state index in [2.05, 4.69) is 71.9 Å². The molecule has 0 aliphatic heterocycles. The van der Waals surface area contributed by atoms with E-state index in [1.165, 1.54) is 16.3 Å². The second kappa shape index (κ2) is 6.94. The van der Waals surface area contributed by atoms with Gasteiger partial charge in [0.05, 0.1) is 0 Å². The maximum Gasteiger partial charge on any atom is 0.191 e. The third kappa shape index (κ3) is 3.73. The lowest BCUT2D eigenvalue weighted by atomic mass is 10.0. The molecule has 0 aromatic heterocycles. The van der Waals surface area contributed by atoms with Gasteiger partial charge >= 0.3 is 0 Å². The van der Waals surface area contributed by atoms with Crippen LogP contribution in [0, 0.1) is 0 Å². The predicted molar refractivity (Wildman–Crippen MR) is 87.3 cm³/mol. The van der Waals surface area contributed by atoms with Crippen LogP contribution in [0.25, 0.3) is 10.8 Å². The largest absolute Gasteiger partial charge is 0.356 e. The molecule has 0 unspecified atom stereocenters. The third-order valence-corrected chi connectivity index (χ3v) is 3.22. The monoisotopic (exact) mass is 269 g/mol. The van der Waals surface area contributed by atoms with Crippen LogP contribution in [0.3, 0.4) is 0 Å². The minimum absolute atomic E-state index is 0.388. The highest BCUT2D eigenvalue weighted by atomic mass is 15.2. The number of benzene rings is 2. The molecule has 2 aromatic rings. The van der Waals surface area contributed by atoms with Gasteiger partial charge in [-0.15, -0.1) is 0 Å². The summed E-state index contributed by atoms with van der Waals surface area (Å²) in [6.45, 7) is 5.09. The fraction of sp³-hybridized carbons (Fsp3) is 0.353. The van der Waals surface area contributed by atoms with Crippen LogP contribution >= 0.6 is 0 Å². The number of hydrogen-bond donors (Lipinski definition) is 2. The van der Waals surface area contributed by atoms with E-state index in [0.29, 0.717) is 6.04 Å². The van der Waals surface area contributed by atoms with E-state index < -0.39 is 0 Å². The summed E-state index contributed by atoms with van der Waals surface area (Å²) >= 11 is 0. The molecule has 3 nitrogen and oxygen atoms in total. The normalized spacial score (nSPS) is 11.9. The van der Waals surface area contributed by atoms with Crippen molar-refractivity contribution in [1.29, 1.82) is 0 Å². The van der Waals surface area contributed by atoms with Crippen molar-refractivity contribution >= 4 is 16.7 Å². The van der Waals surface area contributed by atoms with E-state index >= 15 is 0 Å². The number of hydrogen-bond acceptors (Lipinski definition) is 1. The number of aliphatic imine (C=N–C) groups is 1. The Morgan fingerprint density at radius 2 is 1.85 bits per heavy atom. The summed E-state index contributed by atoms with van der Waals surface area (Å²) in [6.07, 6.45) is 0.986. The van der Waals surface area contributed by atoms with Crippen LogP contribution < -0.4 is 10.6 Å². The van der Waals surface area contributed by atoms with Gasteiger partial charge in [-0.25, -0.2) is 0 Å². The van der Waals surface area contributed by atoms with Gasteiger partial charge in [0.1, 0.15) is 0 Å². The number of nitrogens with one attached hydrogen (secondary N) is 2. The quantitative estimate of drug-likeness (QED) is 0.661. The smallest absolute Gasteiger partial charge is 0.191 e. The number of guanidine groups is 1. The molecule has 0 aliphatic rings. The molecule has 0 saturated heterocycles. The first-order valence-corrected chi connectivity index (χ1v) is 7.14. The number of fused-ring (bicyclic) bond motifs is 1. The highest BCUT2D eigenvalue weighted by Gasteiger charge is 2.02. The maximum absolute atomic E-state index is 4.22. The molecule has 0 bridgehead atoms. The minimum atomic E-state index is 0.388. The van der Waals surface area contributed by atoms with Gasteiger partial charge in [0.2, 0.25) is 0 Å². The van der Waals surface area contributed by atoms with Crippen LogP contribution in [0.1, 0.15) is 19.4 Å². The average molecular weight is 269 g/mol. The lowest BCUT2D eigenvalue weighted by molar-refractivity contribution is 0.698. The van der Waals surface area contributed by atoms with Crippen LogP contribution in [0.5, 0.6) is 0 Å². The zero-order chi connectivity index (χ0) is 14.4. The van der Waals surface area contributed by atoms with Crippen molar-refractivity contribution in [3.8, 4) is 0 Å². The van der Waals surface area contributed by atoms with Crippen LogP contribution in [0.15, 0.2) is 47.5 Å². The fourth-order valence-electron chi connectivity index (χ4n) is 2.29. The molecule has 0 heterocycles. The molecular formula is C17H23N3. The molecule has 20 heavy (non-hydrogen) atoms. The van der Waals surface area contributed by atoms with Gasteiger partial charge in [-0.1, -0.05) is 42.5 Å². The zero-order valence-corrected chi connectivity index (χ0v) is 12.5. The lowest BCUT2D eigenvalue weighted by Gasteiger charge is -2.14. The molecule has 2 N–H and O–H groups in total. The van der Waals surface area contributed by atoms with Crippen LogP contribution in [0.2, 0.25) is 0 Å². The number of nitrogens with zero attached hydrogens (tertiary/aromatic N) is 1. The Morgan fingerprint density at radius 3 is 2.60 bits per heavy atom. The lowest BCUT2D eigenvalue weighted by Crippen LogP contribution is -2.41. The summed E-state index contributed by atoms with van der Waals surface area (Å²) in [4.78, 5) is 4.22. The predicted octanol–water partition coefficient (Wildman–Crippen LogP) is 2.96. The van der Waals surface area contributed by atoms with E-state index in [1.807, 2.05) is 0 Å². The van der Waals surface area contributed by atoms with Gasteiger partial charge in [0, 0.05) is 19.6 Å². The highest BCUT2D eigenvalue weighted by molar-refractivity contribution is 5.85. The molecule has 0 atom stereocenters. The Morgan fingerprint density at radius 1 is 1.10 bits per heavy atom. The second-order valence-corrected chi connectivity index (χ2v) is 5.19. The maximum atomic E-state index is 4.22. The Labute approximate surface area is 121 Å². The first-order chi connectivity index (χ1) is 9.70. The van der Waals surface area contributed by atoms with Crippen molar-refractivity contribution in [2.45, 2.75) is 26.3 Å². The molecule has 2 aromatic carbocycles. The third-order valence-electron chi connectivity index (χ3n) is 3.22. The minimum Gasteiger partial charge on any atom is -0.356 e. The summed E-state index contributed by atoms with van der Waals surface area (Å²) < 4.78 is 0. The molecule has 0 saturated carbocycles. The topological polar surface area (TPSA) is 36.4 Å². The zero-order valence-electron chi connectivity index (χ0n) is 12.5. The Kier molecular flexibility index (Phi) is 4.99. The van der Waals surface area contributed by atoms with Crippen LogP contribution in [-0.4, -0.2) is 25.6 Å². The van der Waals surface area contributed by atoms with Gasteiger partial charge in [-0.2, -0.15) is 0 Å². The van der Waals surface area contributed by atoms with Crippen molar-refractivity contribution in [3.63, 3.8) is 0 Å². The molecule has 0 amide bonds.